The van der Waals surface area contributed by atoms with Crippen LogP contribution in [-0.4, -0.2) is 40.0 Å². The first-order valence-corrected chi connectivity index (χ1v) is 9.98. The van der Waals surface area contributed by atoms with Gasteiger partial charge >= 0.3 is 6.03 Å². The number of thioether (sulfide) groups is 1. The number of hydrogen-bond acceptors (Lipinski definition) is 6. The molecule has 9 heteroatoms. The van der Waals surface area contributed by atoms with E-state index in [2.05, 4.69) is 26.1 Å². The molecule has 0 spiro atoms. The van der Waals surface area contributed by atoms with Crippen LogP contribution < -0.4 is 16.0 Å². The summed E-state index contributed by atoms with van der Waals surface area (Å²) in [6, 6.07) is 9.67. The molecule has 0 saturated heterocycles. The molecule has 2 rings (SSSR count). The molecule has 1 aromatic heterocycles. The molecule has 0 unspecified atom stereocenters. The lowest BCUT2D eigenvalue weighted by Crippen LogP contribution is -2.43. The second-order valence-corrected chi connectivity index (χ2v) is 8.78. The highest BCUT2D eigenvalue weighted by Crippen LogP contribution is 2.25. The van der Waals surface area contributed by atoms with Gasteiger partial charge in [0.1, 0.15) is 0 Å². The molecule has 140 valence electrons. The Hall–Kier alpha value is -2.13. The van der Waals surface area contributed by atoms with Gasteiger partial charge in [-0.05, 0) is 32.8 Å². The van der Waals surface area contributed by atoms with Crippen LogP contribution in [0.2, 0.25) is 0 Å². The Morgan fingerprint density at radius 1 is 1.15 bits per heavy atom. The standard InChI is InChI=1S/C17H23N5O2S2/c1-17(2,3)20-14(24)19-15-21-22-16(26-15)25-11-13(23)18-10-9-12-7-5-4-6-8-12/h4-8H,9-11H2,1-3H3,(H,18,23)(H2,19,20,21,24). The number of anilines is 1. The number of nitrogens with one attached hydrogen (secondary N) is 3. The van der Waals surface area contributed by atoms with Crippen LogP contribution in [-0.2, 0) is 11.2 Å². The van der Waals surface area contributed by atoms with Crippen LogP contribution in [0.3, 0.4) is 0 Å². The molecule has 0 aliphatic heterocycles. The number of carbonyl (C=O) groups is 2. The third-order valence-electron chi connectivity index (χ3n) is 3.02. The minimum Gasteiger partial charge on any atom is -0.355 e. The van der Waals surface area contributed by atoms with Crippen molar-refractivity contribution in [2.75, 3.05) is 17.6 Å². The predicted octanol–water partition coefficient (Wildman–Crippen LogP) is 2.91. The van der Waals surface area contributed by atoms with Gasteiger partial charge in [0.15, 0.2) is 4.34 Å². The van der Waals surface area contributed by atoms with Gasteiger partial charge in [-0.25, -0.2) is 4.79 Å². The maximum Gasteiger partial charge on any atom is 0.321 e. The summed E-state index contributed by atoms with van der Waals surface area (Å²) >= 11 is 2.54. The first kappa shape index (κ1) is 20.2. The van der Waals surface area contributed by atoms with E-state index < -0.39 is 0 Å². The molecule has 0 aliphatic carbocycles. The Morgan fingerprint density at radius 3 is 2.58 bits per heavy atom. The molecule has 0 atom stereocenters. The predicted molar refractivity (Wildman–Crippen MR) is 106 cm³/mol. The average molecular weight is 394 g/mol. The van der Waals surface area contributed by atoms with Gasteiger partial charge in [-0.3, -0.25) is 10.1 Å². The zero-order valence-electron chi connectivity index (χ0n) is 15.0. The third-order valence-corrected chi connectivity index (χ3v) is 4.99. The number of nitrogens with zero attached hydrogens (tertiary/aromatic N) is 2. The Labute approximate surface area is 161 Å². The van der Waals surface area contributed by atoms with E-state index >= 15 is 0 Å². The van der Waals surface area contributed by atoms with Crippen molar-refractivity contribution in [2.24, 2.45) is 0 Å². The SMILES string of the molecule is CC(C)(C)NC(=O)Nc1nnc(SCC(=O)NCCc2ccccc2)s1. The number of hydrogen-bond donors (Lipinski definition) is 3. The largest absolute Gasteiger partial charge is 0.355 e. The lowest BCUT2D eigenvalue weighted by Gasteiger charge is -2.19. The van der Waals surface area contributed by atoms with E-state index in [1.54, 1.807) is 0 Å². The zero-order valence-corrected chi connectivity index (χ0v) is 16.7. The fourth-order valence-corrected chi connectivity index (χ4v) is 3.53. The van der Waals surface area contributed by atoms with Crippen LogP contribution in [0, 0.1) is 0 Å². The minimum atomic E-state index is -0.330. The fourth-order valence-electron chi connectivity index (χ4n) is 1.96. The number of aromatic nitrogens is 2. The van der Waals surface area contributed by atoms with Crippen molar-refractivity contribution >= 4 is 40.2 Å². The van der Waals surface area contributed by atoms with Crippen LogP contribution in [0.4, 0.5) is 9.93 Å². The van der Waals surface area contributed by atoms with Crippen molar-refractivity contribution in [3.05, 3.63) is 35.9 Å². The Bertz CT molecular complexity index is 728. The Morgan fingerprint density at radius 2 is 1.88 bits per heavy atom. The van der Waals surface area contributed by atoms with Gasteiger partial charge in [0, 0.05) is 12.1 Å². The normalized spacial score (nSPS) is 11.0. The van der Waals surface area contributed by atoms with E-state index in [0.29, 0.717) is 16.0 Å². The third kappa shape index (κ3) is 7.83. The van der Waals surface area contributed by atoms with Crippen molar-refractivity contribution < 1.29 is 9.59 Å². The van der Waals surface area contributed by atoms with Crippen LogP contribution in [0.1, 0.15) is 26.3 Å². The van der Waals surface area contributed by atoms with Crippen molar-refractivity contribution in [2.45, 2.75) is 37.1 Å². The van der Waals surface area contributed by atoms with Crippen molar-refractivity contribution in [3.8, 4) is 0 Å². The zero-order chi connectivity index (χ0) is 19.0. The summed E-state index contributed by atoms with van der Waals surface area (Å²) in [5, 5.41) is 16.6. The van der Waals surface area contributed by atoms with Crippen LogP contribution in [0.5, 0.6) is 0 Å². The lowest BCUT2D eigenvalue weighted by atomic mass is 10.1. The molecular formula is C17H23N5O2S2. The van der Waals surface area contributed by atoms with Crippen LogP contribution in [0.15, 0.2) is 34.7 Å². The number of urea groups is 1. The van der Waals surface area contributed by atoms with Crippen LogP contribution in [0.25, 0.3) is 0 Å². The van der Waals surface area contributed by atoms with E-state index in [9.17, 15) is 9.59 Å². The highest BCUT2D eigenvalue weighted by Gasteiger charge is 2.15. The minimum absolute atomic E-state index is 0.0545. The van der Waals surface area contributed by atoms with Gasteiger partial charge < -0.3 is 10.6 Å². The van der Waals surface area contributed by atoms with Gasteiger partial charge in [0.25, 0.3) is 0 Å². The molecule has 3 N–H and O–H groups in total. The van der Waals surface area contributed by atoms with Gasteiger partial charge in [0.05, 0.1) is 5.75 Å². The molecule has 1 aromatic carbocycles. The van der Waals surface area contributed by atoms with Gasteiger partial charge in [0.2, 0.25) is 11.0 Å². The molecule has 3 amide bonds. The topological polar surface area (TPSA) is 96.0 Å². The Balaban J connectivity index is 1.68. The summed E-state index contributed by atoms with van der Waals surface area (Å²) in [6.07, 6.45) is 0.799. The highest BCUT2D eigenvalue weighted by atomic mass is 32.2. The van der Waals surface area contributed by atoms with E-state index in [0.717, 1.165) is 6.42 Å². The number of rotatable bonds is 7. The van der Waals surface area contributed by atoms with E-state index in [-0.39, 0.29) is 23.2 Å². The van der Waals surface area contributed by atoms with Gasteiger partial charge in [-0.2, -0.15) is 0 Å². The maximum atomic E-state index is 11.9. The van der Waals surface area contributed by atoms with E-state index in [1.165, 1.54) is 28.7 Å². The number of benzene rings is 1. The quantitative estimate of drug-likeness (QED) is 0.496. The average Bonchev–Trinajstić information content (AvgIpc) is 2.99. The fraction of sp³-hybridized carbons (Fsp3) is 0.412. The first-order chi connectivity index (χ1) is 12.3. The second-order valence-electron chi connectivity index (χ2n) is 6.58. The number of carbonyl (C=O) groups excluding carboxylic acids is 2. The first-order valence-electron chi connectivity index (χ1n) is 8.18. The van der Waals surface area contributed by atoms with Crippen molar-refractivity contribution in [1.82, 2.24) is 20.8 Å². The molecule has 2 aromatic rings. The monoisotopic (exact) mass is 393 g/mol. The summed E-state index contributed by atoms with van der Waals surface area (Å²) in [4.78, 5) is 23.7. The molecule has 0 saturated carbocycles. The van der Waals surface area contributed by atoms with Crippen molar-refractivity contribution in [1.29, 1.82) is 0 Å². The summed E-state index contributed by atoms with van der Waals surface area (Å²) in [6.45, 7) is 6.28. The maximum absolute atomic E-state index is 11.9. The molecule has 0 radical (unpaired) electrons. The van der Waals surface area contributed by atoms with Gasteiger partial charge in [-0.15, -0.1) is 10.2 Å². The molecule has 0 bridgehead atoms. The summed E-state index contributed by atoms with van der Waals surface area (Å²) < 4.78 is 0.634. The summed E-state index contributed by atoms with van der Waals surface area (Å²) in [5.41, 5.74) is 0.860. The smallest absolute Gasteiger partial charge is 0.321 e. The van der Waals surface area contributed by atoms with Gasteiger partial charge in [-0.1, -0.05) is 53.4 Å². The second kappa shape index (κ2) is 9.54. The molecular weight excluding hydrogens is 370 g/mol. The molecule has 7 nitrogen and oxygen atoms in total. The van der Waals surface area contributed by atoms with Crippen molar-refractivity contribution in [3.63, 3.8) is 0 Å². The molecule has 26 heavy (non-hydrogen) atoms. The van der Waals surface area contributed by atoms with Crippen LogP contribution >= 0.6 is 23.1 Å². The summed E-state index contributed by atoms with van der Waals surface area (Å²) in [5.74, 6) is 0.207. The lowest BCUT2D eigenvalue weighted by molar-refractivity contribution is -0.118. The van der Waals surface area contributed by atoms with E-state index in [1.807, 2.05) is 51.1 Å². The van der Waals surface area contributed by atoms with E-state index in [4.69, 9.17) is 0 Å². The molecule has 0 aliphatic rings. The summed E-state index contributed by atoms with van der Waals surface area (Å²) in [7, 11) is 0. The highest BCUT2D eigenvalue weighted by molar-refractivity contribution is 8.01. The number of amides is 3. The Kier molecular flexibility index (Phi) is 7.40. The molecule has 0 fully saturated rings. The molecule has 1 heterocycles.